The quantitative estimate of drug-likeness (QED) is 0.372. The number of ether oxygens (including phenoxy) is 3. The average molecular weight is 450 g/mol. The lowest BCUT2D eigenvalue weighted by Gasteiger charge is -2.26. The number of carbonyl (C=O) groups is 1. The third kappa shape index (κ3) is 6.09. The first-order chi connectivity index (χ1) is 16.1. The van der Waals surface area contributed by atoms with E-state index < -0.39 is 6.10 Å². The lowest BCUT2D eigenvalue weighted by molar-refractivity contribution is -0.111. The van der Waals surface area contributed by atoms with Crippen LogP contribution in [0.3, 0.4) is 0 Å². The van der Waals surface area contributed by atoms with Crippen molar-refractivity contribution in [3.8, 4) is 17.2 Å². The second kappa shape index (κ2) is 10.6. The normalized spacial score (nSPS) is 15.1. The van der Waals surface area contributed by atoms with Crippen LogP contribution in [0.4, 0.5) is 5.69 Å². The summed E-state index contributed by atoms with van der Waals surface area (Å²) in [7, 11) is 0. The molecule has 0 saturated carbocycles. The number of aromatic nitrogens is 4. The van der Waals surface area contributed by atoms with Gasteiger partial charge in [-0.2, -0.15) is 5.21 Å². The molecular weight excluding hydrogens is 422 g/mol. The van der Waals surface area contributed by atoms with Crippen molar-refractivity contribution in [1.82, 2.24) is 20.6 Å². The second-order valence-electron chi connectivity index (χ2n) is 8.10. The second-order valence-corrected chi connectivity index (χ2v) is 8.10. The molecular formula is C24H27N5O4. The third-order valence-corrected chi connectivity index (χ3v) is 5.04. The highest BCUT2D eigenvalue weighted by atomic mass is 16.6. The Kier molecular flexibility index (Phi) is 7.19. The molecule has 0 aliphatic carbocycles. The van der Waals surface area contributed by atoms with Gasteiger partial charge in [0.1, 0.15) is 12.4 Å². The molecule has 2 aromatic carbocycles. The monoisotopic (exact) mass is 449 g/mol. The van der Waals surface area contributed by atoms with Gasteiger partial charge in [-0.1, -0.05) is 37.3 Å². The van der Waals surface area contributed by atoms with E-state index in [4.69, 9.17) is 14.2 Å². The maximum absolute atomic E-state index is 12.5. The molecule has 0 fully saturated rings. The molecule has 0 spiro atoms. The van der Waals surface area contributed by atoms with Gasteiger partial charge in [0, 0.05) is 6.08 Å². The number of hydrogen-bond acceptors (Lipinski definition) is 7. The van der Waals surface area contributed by atoms with Crippen molar-refractivity contribution in [2.75, 3.05) is 18.5 Å². The number of para-hydroxylation sites is 1. The smallest absolute Gasteiger partial charge is 0.248 e. The number of aromatic amines is 1. The van der Waals surface area contributed by atoms with Gasteiger partial charge in [0.2, 0.25) is 11.7 Å². The fourth-order valence-electron chi connectivity index (χ4n) is 3.33. The van der Waals surface area contributed by atoms with Gasteiger partial charge in [-0.25, -0.2) is 0 Å². The highest BCUT2D eigenvalue weighted by Gasteiger charge is 2.28. The van der Waals surface area contributed by atoms with Crippen LogP contribution in [-0.4, -0.2) is 39.7 Å². The molecule has 33 heavy (non-hydrogen) atoms. The van der Waals surface area contributed by atoms with E-state index in [0.29, 0.717) is 35.5 Å². The standard InChI is InChI=1S/C24H27N5O4/c1-16(2)5-4-14-31-18-11-8-17(9-12-18)10-13-22(30)25-19-6-3-7-20-23(19)33-21(15-32-20)24-26-28-29-27-24/h3,6-13,16,21H,4-5,14-15H2,1-2H3,(H,25,30)(H,26,27,28,29)/b13-10+. The maximum atomic E-state index is 12.5. The number of carbonyl (C=O) groups excluding carboxylic acids is 1. The fourth-order valence-corrected chi connectivity index (χ4v) is 3.33. The maximum Gasteiger partial charge on any atom is 0.248 e. The molecule has 2 heterocycles. The topological polar surface area (TPSA) is 111 Å². The minimum atomic E-state index is -0.518. The summed E-state index contributed by atoms with van der Waals surface area (Å²) in [6.07, 6.45) is 4.88. The van der Waals surface area contributed by atoms with Crippen LogP contribution in [0.25, 0.3) is 6.08 Å². The fraction of sp³-hybridized carbons (Fsp3) is 0.333. The molecule has 1 unspecified atom stereocenters. The summed E-state index contributed by atoms with van der Waals surface area (Å²) in [5.41, 5.74) is 1.40. The van der Waals surface area contributed by atoms with E-state index in [1.54, 1.807) is 24.3 Å². The summed E-state index contributed by atoms with van der Waals surface area (Å²) >= 11 is 0. The van der Waals surface area contributed by atoms with Crippen LogP contribution in [0, 0.1) is 5.92 Å². The predicted octanol–water partition coefficient (Wildman–Crippen LogP) is 4.18. The highest BCUT2D eigenvalue weighted by Crippen LogP contribution is 2.41. The van der Waals surface area contributed by atoms with Crippen molar-refractivity contribution in [2.45, 2.75) is 32.8 Å². The molecule has 0 radical (unpaired) electrons. The van der Waals surface area contributed by atoms with Crippen LogP contribution >= 0.6 is 0 Å². The van der Waals surface area contributed by atoms with Crippen molar-refractivity contribution in [3.63, 3.8) is 0 Å². The Labute approximate surface area is 192 Å². The van der Waals surface area contributed by atoms with Crippen LogP contribution in [0.2, 0.25) is 0 Å². The zero-order valence-corrected chi connectivity index (χ0v) is 18.7. The molecule has 0 saturated heterocycles. The Balaban J connectivity index is 1.34. The molecule has 0 bridgehead atoms. The van der Waals surface area contributed by atoms with Gasteiger partial charge in [-0.15, -0.1) is 10.2 Å². The largest absolute Gasteiger partial charge is 0.494 e. The minimum absolute atomic E-state index is 0.251. The van der Waals surface area contributed by atoms with Gasteiger partial charge in [0.05, 0.1) is 12.3 Å². The summed E-state index contributed by atoms with van der Waals surface area (Å²) in [4.78, 5) is 12.5. The van der Waals surface area contributed by atoms with Gasteiger partial charge < -0.3 is 19.5 Å². The summed E-state index contributed by atoms with van der Waals surface area (Å²) in [6.45, 7) is 5.37. The molecule has 4 rings (SSSR count). The van der Waals surface area contributed by atoms with E-state index in [1.807, 2.05) is 24.3 Å². The molecule has 9 nitrogen and oxygen atoms in total. The highest BCUT2D eigenvalue weighted by molar-refractivity contribution is 6.03. The van der Waals surface area contributed by atoms with E-state index in [2.05, 4.69) is 39.8 Å². The molecule has 2 N–H and O–H groups in total. The minimum Gasteiger partial charge on any atom is -0.494 e. The summed E-state index contributed by atoms with van der Waals surface area (Å²) in [5.74, 6) is 2.57. The zero-order valence-electron chi connectivity index (χ0n) is 18.7. The van der Waals surface area contributed by atoms with Crippen molar-refractivity contribution in [1.29, 1.82) is 0 Å². The number of amides is 1. The van der Waals surface area contributed by atoms with Crippen molar-refractivity contribution in [2.24, 2.45) is 5.92 Å². The van der Waals surface area contributed by atoms with Crippen LogP contribution < -0.4 is 19.5 Å². The number of nitrogens with zero attached hydrogens (tertiary/aromatic N) is 3. The van der Waals surface area contributed by atoms with Crippen LogP contribution in [-0.2, 0) is 4.79 Å². The first-order valence-corrected chi connectivity index (χ1v) is 11.0. The Bertz CT molecular complexity index is 1080. The number of fused-ring (bicyclic) bond motifs is 1. The van der Waals surface area contributed by atoms with Crippen LogP contribution in [0.15, 0.2) is 48.5 Å². The van der Waals surface area contributed by atoms with E-state index in [-0.39, 0.29) is 12.5 Å². The molecule has 1 aliphatic heterocycles. The lowest BCUT2D eigenvalue weighted by Crippen LogP contribution is -2.24. The number of H-pyrrole nitrogens is 1. The molecule has 1 aliphatic rings. The van der Waals surface area contributed by atoms with E-state index in [1.165, 1.54) is 6.08 Å². The number of nitrogens with one attached hydrogen (secondary N) is 2. The number of benzene rings is 2. The van der Waals surface area contributed by atoms with Crippen molar-refractivity contribution < 1.29 is 19.0 Å². The van der Waals surface area contributed by atoms with Crippen molar-refractivity contribution in [3.05, 3.63) is 59.9 Å². The van der Waals surface area contributed by atoms with Crippen LogP contribution in [0.1, 0.15) is 44.2 Å². The number of hydrogen-bond donors (Lipinski definition) is 2. The predicted molar refractivity (Wildman–Crippen MR) is 123 cm³/mol. The Morgan fingerprint density at radius 1 is 1.27 bits per heavy atom. The van der Waals surface area contributed by atoms with Gasteiger partial charge in [-0.3, -0.25) is 4.79 Å². The Morgan fingerprint density at radius 3 is 2.88 bits per heavy atom. The molecule has 1 atom stereocenters. The Morgan fingerprint density at radius 2 is 2.12 bits per heavy atom. The van der Waals surface area contributed by atoms with Crippen molar-refractivity contribution >= 4 is 17.7 Å². The summed E-state index contributed by atoms with van der Waals surface area (Å²) < 4.78 is 17.5. The lowest BCUT2D eigenvalue weighted by atomic mass is 10.1. The number of rotatable bonds is 9. The molecule has 3 aromatic rings. The average Bonchev–Trinajstić information content (AvgIpc) is 3.36. The molecule has 1 amide bonds. The van der Waals surface area contributed by atoms with Gasteiger partial charge in [0.15, 0.2) is 17.6 Å². The number of tetrazole rings is 1. The SMILES string of the molecule is CC(C)CCCOc1ccc(/C=C/C(=O)Nc2cccc3c2OC(c2nn[nH]n2)CO3)cc1. The third-order valence-electron chi connectivity index (χ3n) is 5.04. The molecule has 9 heteroatoms. The van der Waals surface area contributed by atoms with E-state index in [9.17, 15) is 4.79 Å². The first-order valence-electron chi connectivity index (χ1n) is 11.0. The summed E-state index contributed by atoms with van der Waals surface area (Å²) in [5, 5.41) is 16.7. The Hall–Kier alpha value is -3.88. The molecule has 1 aromatic heterocycles. The van der Waals surface area contributed by atoms with Gasteiger partial charge in [-0.05, 0) is 54.7 Å². The summed E-state index contributed by atoms with van der Waals surface area (Å²) in [6, 6.07) is 13.0. The van der Waals surface area contributed by atoms with E-state index in [0.717, 1.165) is 24.2 Å². The first kappa shape index (κ1) is 22.3. The van der Waals surface area contributed by atoms with Gasteiger partial charge in [0.25, 0.3) is 0 Å². The zero-order chi connectivity index (χ0) is 23.0. The molecule has 172 valence electrons. The number of anilines is 1. The van der Waals surface area contributed by atoms with Crippen LogP contribution in [0.5, 0.6) is 17.2 Å². The van der Waals surface area contributed by atoms with E-state index >= 15 is 0 Å². The van der Waals surface area contributed by atoms with Gasteiger partial charge >= 0.3 is 0 Å².